The number of pyridine rings is 1. The molecule has 1 unspecified atom stereocenters. The Morgan fingerprint density at radius 1 is 1.29 bits per heavy atom. The summed E-state index contributed by atoms with van der Waals surface area (Å²) in [6.07, 6.45) is -4.62. The number of hydrogen-bond donors (Lipinski definition) is 0. The van der Waals surface area contributed by atoms with E-state index in [-0.39, 0.29) is 17.0 Å². The van der Waals surface area contributed by atoms with E-state index in [1.807, 2.05) is 0 Å². The van der Waals surface area contributed by atoms with Gasteiger partial charge in [-0.05, 0) is 19.1 Å². The van der Waals surface area contributed by atoms with Gasteiger partial charge in [0.15, 0.2) is 6.17 Å². The second-order valence-corrected chi connectivity index (χ2v) is 2.89. The molecule has 1 atom stereocenters. The van der Waals surface area contributed by atoms with Crippen molar-refractivity contribution in [3.05, 3.63) is 29.1 Å². The minimum atomic E-state index is -2.69. The van der Waals surface area contributed by atoms with E-state index < -0.39 is 19.3 Å². The fourth-order valence-electron chi connectivity index (χ4n) is 1.09. The summed E-state index contributed by atoms with van der Waals surface area (Å²) >= 11 is 0. The highest BCUT2D eigenvalue weighted by Gasteiger charge is 2.15. The lowest BCUT2D eigenvalue weighted by Crippen LogP contribution is -2.01. The third-order valence-corrected chi connectivity index (χ3v) is 1.70. The summed E-state index contributed by atoms with van der Waals surface area (Å²) in [4.78, 5) is 3.64. The Morgan fingerprint density at radius 2 is 1.93 bits per heavy atom. The van der Waals surface area contributed by atoms with Gasteiger partial charge in [0.25, 0.3) is 6.43 Å². The minimum Gasteiger partial charge on any atom is -0.255 e. The zero-order valence-electron chi connectivity index (χ0n) is 7.48. The molecule has 1 nitrogen and oxygen atoms in total. The Labute approximate surface area is 78.8 Å². The molecule has 0 aliphatic rings. The monoisotopic (exact) mass is 207 g/mol. The Kier molecular flexibility index (Phi) is 3.43. The number of nitrogens with zero attached hydrogens (tertiary/aromatic N) is 1. The fraction of sp³-hybridized carbons (Fsp3) is 0.444. The van der Waals surface area contributed by atoms with Crippen LogP contribution in [0.15, 0.2) is 12.1 Å². The molecule has 0 aromatic carbocycles. The van der Waals surface area contributed by atoms with Crippen molar-refractivity contribution in [3.8, 4) is 0 Å². The van der Waals surface area contributed by atoms with Gasteiger partial charge in [0.05, 0.1) is 5.69 Å². The molecule has 0 bridgehead atoms. The molecule has 0 saturated heterocycles. The Bertz CT molecular complexity index is 314. The Hall–Kier alpha value is -1.13. The highest BCUT2D eigenvalue weighted by atomic mass is 19.3. The number of rotatable bonds is 3. The molecule has 14 heavy (non-hydrogen) atoms. The van der Waals surface area contributed by atoms with Crippen LogP contribution >= 0.6 is 0 Å². The van der Waals surface area contributed by atoms with Crippen LogP contribution < -0.4 is 0 Å². The molecule has 0 amide bonds. The SMILES string of the molecule is Cc1cc(C(F)F)cc(C(F)CF)n1. The second-order valence-electron chi connectivity index (χ2n) is 2.89. The molecule has 78 valence electrons. The Balaban J connectivity index is 3.07. The van der Waals surface area contributed by atoms with Crippen LogP contribution in [0.25, 0.3) is 0 Å². The summed E-state index contributed by atoms with van der Waals surface area (Å²) in [6, 6.07) is 2.04. The number of alkyl halides is 4. The molecule has 0 fully saturated rings. The number of aryl methyl sites for hydroxylation is 1. The molecule has 0 saturated carbocycles. The van der Waals surface area contributed by atoms with E-state index in [0.29, 0.717) is 0 Å². The van der Waals surface area contributed by atoms with Gasteiger partial charge in [0.2, 0.25) is 0 Å². The number of hydrogen-bond acceptors (Lipinski definition) is 1. The van der Waals surface area contributed by atoms with Crippen molar-refractivity contribution in [3.63, 3.8) is 0 Å². The van der Waals surface area contributed by atoms with Crippen molar-refractivity contribution < 1.29 is 17.6 Å². The molecule has 0 aliphatic heterocycles. The van der Waals surface area contributed by atoms with Crippen LogP contribution in [-0.2, 0) is 0 Å². The zero-order valence-corrected chi connectivity index (χ0v) is 7.48. The highest BCUT2D eigenvalue weighted by Crippen LogP contribution is 2.24. The highest BCUT2D eigenvalue weighted by molar-refractivity contribution is 5.23. The summed E-state index contributed by atoms with van der Waals surface area (Å²) in [7, 11) is 0. The van der Waals surface area contributed by atoms with E-state index in [0.717, 1.165) is 12.1 Å². The minimum absolute atomic E-state index is 0.258. The van der Waals surface area contributed by atoms with Crippen molar-refractivity contribution in [1.29, 1.82) is 0 Å². The van der Waals surface area contributed by atoms with Crippen LogP contribution in [0.3, 0.4) is 0 Å². The van der Waals surface area contributed by atoms with Crippen LogP contribution in [0.2, 0.25) is 0 Å². The summed E-state index contributed by atoms with van der Waals surface area (Å²) in [5, 5.41) is 0. The maximum Gasteiger partial charge on any atom is 0.263 e. The Morgan fingerprint density at radius 3 is 2.43 bits per heavy atom. The summed E-state index contributed by atoms with van der Waals surface area (Å²) in [6.45, 7) is 0.208. The summed E-state index contributed by atoms with van der Waals surface area (Å²) < 4.78 is 49.2. The van der Waals surface area contributed by atoms with Crippen LogP contribution in [0, 0.1) is 6.92 Å². The van der Waals surface area contributed by atoms with Gasteiger partial charge in [-0.15, -0.1) is 0 Å². The first kappa shape index (κ1) is 10.9. The molecule has 1 aromatic heterocycles. The summed E-state index contributed by atoms with van der Waals surface area (Å²) in [5.41, 5.74) is -0.347. The van der Waals surface area contributed by atoms with E-state index in [1.165, 1.54) is 6.92 Å². The van der Waals surface area contributed by atoms with Gasteiger partial charge in [-0.25, -0.2) is 17.6 Å². The predicted molar refractivity (Wildman–Crippen MR) is 43.8 cm³/mol. The van der Waals surface area contributed by atoms with Crippen molar-refractivity contribution in [1.82, 2.24) is 4.98 Å². The zero-order chi connectivity index (χ0) is 10.7. The van der Waals surface area contributed by atoms with Gasteiger partial charge in [0, 0.05) is 11.3 Å². The molecular formula is C9H9F4N. The lowest BCUT2D eigenvalue weighted by Gasteiger charge is -2.07. The topological polar surface area (TPSA) is 12.9 Å². The van der Waals surface area contributed by atoms with Gasteiger partial charge in [-0.1, -0.05) is 0 Å². The molecule has 1 aromatic rings. The molecule has 0 spiro atoms. The second kappa shape index (κ2) is 4.39. The van der Waals surface area contributed by atoms with E-state index >= 15 is 0 Å². The van der Waals surface area contributed by atoms with Crippen molar-refractivity contribution >= 4 is 0 Å². The molecule has 0 radical (unpaired) electrons. The fourth-order valence-corrected chi connectivity index (χ4v) is 1.09. The van der Waals surface area contributed by atoms with Crippen molar-refractivity contribution in [2.45, 2.75) is 19.5 Å². The lowest BCUT2D eigenvalue weighted by molar-refractivity contribution is 0.150. The third kappa shape index (κ3) is 2.43. The largest absolute Gasteiger partial charge is 0.263 e. The van der Waals surface area contributed by atoms with Gasteiger partial charge in [0.1, 0.15) is 6.67 Å². The average molecular weight is 207 g/mol. The number of aromatic nitrogens is 1. The maximum absolute atomic E-state index is 12.8. The van der Waals surface area contributed by atoms with Gasteiger partial charge in [-0.3, -0.25) is 4.98 Å². The molecule has 0 N–H and O–H groups in total. The van der Waals surface area contributed by atoms with Gasteiger partial charge < -0.3 is 0 Å². The number of halogens is 4. The predicted octanol–water partition coefficient (Wildman–Crippen LogP) is 3.31. The first-order valence-corrected chi connectivity index (χ1v) is 4.01. The molecule has 0 aliphatic carbocycles. The van der Waals surface area contributed by atoms with Crippen LogP contribution in [0.5, 0.6) is 0 Å². The van der Waals surface area contributed by atoms with Gasteiger partial charge >= 0.3 is 0 Å². The third-order valence-electron chi connectivity index (χ3n) is 1.70. The van der Waals surface area contributed by atoms with E-state index in [4.69, 9.17) is 0 Å². The molecule has 5 heteroatoms. The van der Waals surface area contributed by atoms with Gasteiger partial charge in [-0.2, -0.15) is 0 Å². The average Bonchev–Trinajstić information content (AvgIpc) is 2.15. The van der Waals surface area contributed by atoms with Crippen molar-refractivity contribution in [2.24, 2.45) is 0 Å². The smallest absolute Gasteiger partial charge is 0.255 e. The van der Waals surface area contributed by atoms with Crippen LogP contribution in [0.1, 0.15) is 29.5 Å². The lowest BCUT2D eigenvalue weighted by atomic mass is 10.1. The summed E-state index contributed by atoms with van der Waals surface area (Å²) in [5.74, 6) is 0. The quantitative estimate of drug-likeness (QED) is 0.693. The van der Waals surface area contributed by atoms with E-state index in [9.17, 15) is 17.6 Å². The first-order chi connectivity index (χ1) is 6.54. The van der Waals surface area contributed by atoms with Crippen LogP contribution in [-0.4, -0.2) is 11.7 Å². The van der Waals surface area contributed by atoms with Crippen LogP contribution in [0.4, 0.5) is 17.6 Å². The first-order valence-electron chi connectivity index (χ1n) is 4.01. The van der Waals surface area contributed by atoms with E-state index in [1.54, 1.807) is 0 Å². The van der Waals surface area contributed by atoms with E-state index in [2.05, 4.69) is 4.98 Å². The molecule has 1 rings (SSSR count). The normalized spacial score (nSPS) is 13.3. The molecule has 1 heterocycles. The standard InChI is InChI=1S/C9H9F4N/c1-5-2-6(9(12)13)3-8(14-5)7(11)4-10/h2-3,7,9H,4H2,1H3. The maximum atomic E-state index is 12.8. The van der Waals surface area contributed by atoms with Crippen molar-refractivity contribution in [2.75, 3.05) is 6.67 Å². The molecular weight excluding hydrogens is 198 g/mol.